The molecule has 2 aromatic rings. The third-order valence-electron chi connectivity index (χ3n) is 6.66. The van der Waals surface area contributed by atoms with Crippen LogP contribution in [0.3, 0.4) is 0 Å². The van der Waals surface area contributed by atoms with Gasteiger partial charge in [-0.3, -0.25) is 0 Å². The fraction of sp³-hybridized carbons (Fsp3) is 0.375. The van der Waals surface area contributed by atoms with E-state index in [-0.39, 0.29) is 15.8 Å². The number of nitrogens with zero attached hydrogens (tertiary/aromatic N) is 2. The van der Waals surface area contributed by atoms with Crippen LogP contribution >= 0.6 is 23.2 Å². The number of hydrogen-bond donors (Lipinski definition) is 0. The second-order valence-corrected chi connectivity index (χ2v) is 12.4. The maximum absolute atomic E-state index is 13.8. The van der Waals surface area contributed by atoms with E-state index < -0.39 is 26.9 Å². The van der Waals surface area contributed by atoms with Crippen LogP contribution in [-0.4, -0.2) is 44.1 Å². The highest BCUT2D eigenvalue weighted by Crippen LogP contribution is 2.46. The van der Waals surface area contributed by atoms with E-state index in [2.05, 4.69) is 17.8 Å². The predicted octanol–water partition coefficient (Wildman–Crippen LogP) is 4.77. The van der Waals surface area contributed by atoms with E-state index in [0.29, 0.717) is 37.4 Å². The van der Waals surface area contributed by atoms with E-state index in [0.717, 1.165) is 22.4 Å². The van der Waals surface area contributed by atoms with Gasteiger partial charge in [-0.05, 0) is 41.8 Å². The van der Waals surface area contributed by atoms with Gasteiger partial charge in [-0.2, -0.15) is 0 Å². The molecule has 34 heavy (non-hydrogen) atoms. The average Bonchev–Trinajstić information content (AvgIpc) is 3.31. The molecule has 5 rings (SSSR count). The minimum atomic E-state index is -3.13. The minimum Gasteiger partial charge on any atom is -0.384 e. The summed E-state index contributed by atoms with van der Waals surface area (Å²) in [6.45, 7) is 7.38. The molecular weight excluding hydrogens is 502 g/mol. The fourth-order valence-electron chi connectivity index (χ4n) is 4.79. The van der Waals surface area contributed by atoms with Gasteiger partial charge in [0.25, 0.3) is 0 Å². The molecule has 1 atom stereocenters. The molecule has 3 heterocycles. The molecule has 10 heteroatoms. The zero-order chi connectivity index (χ0) is 24.5. The second kappa shape index (κ2) is 7.95. The first-order valence-corrected chi connectivity index (χ1v) is 13.5. The Bertz CT molecular complexity index is 1330. The maximum atomic E-state index is 13.8. The first kappa shape index (κ1) is 23.6. The van der Waals surface area contributed by atoms with Crippen LogP contribution in [0.25, 0.3) is 0 Å². The van der Waals surface area contributed by atoms with E-state index in [1.165, 1.54) is 18.4 Å². The lowest BCUT2D eigenvalue weighted by Crippen LogP contribution is -2.58. The van der Waals surface area contributed by atoms with Gasteiger partial charge in [0.15, 0.2) is 21.3 Å². The Morgan fingerprint density at radius 1 is 1.24 bits per heavy atom. The third kappa shape index (κ3) is 4.00. The number of likely N-dealkylation sites (tertiary alicyclic amines) is 1. The van der Waals surface area contributed by atoms with Crippen molar-refractivity contribution in [3.8, 4) is 0 Å². The lowest BCUT2D eigenvalue weighted by atomic mass is 9.83. The molecule has 0 amide bonds. The van der Waals surface area contributed by atoms with Crippen LogP contribution < -0.4 is 0 Å². The summed E-state index contributed by atoms with van der Waals surface area (Å²) in [6, 6.07) is 9.11. The summed E-state index contributed by atoms with van der Waals surface area (Å²) in [5.41, 5.74) is 3.81. The Hall–Kier alpha value is -2.13. The molecule has 3 aliphatic rings. The molecule has 1 spiro atoms. The normalized spacial score (nSPS) is 22.9. The molecule has 6 nitrogen and oxygen atoms in total. The van der Waals surface area contributed by atoms with Crippen molar-refractivity contribution in [1.29, 1.82) is 0 Å². The average molecular weight is 525 g/mol. The molecule has 1 saturated heterocycles. The van der Waals surface area contributed by atoms with Gasteiger partial charge >= 0.3 is 0 Å². The highest BCUT2D eigenvalue weighted by molar-refractivity contribution is 7.90. The topological polar surface area (TPSA) is 68.2 Å². The Kier molecular flexibility index (Phi) is 5.52. The van der Waals surface area contributed by atoms with E-state index in [1.54, 1.807) is 0 Å². The molecule has 0 aliphatic carbocycles. The van der Waals surface area contributed by atoms with Crippen LogP contribution in [0.2, 0.25) is 10.0 Å². The lowest BCUT2D eigenvalue weighted by molar-refractivity contribution is -0.129. The third-order valence-corrected chi connectivity index (χ3v) is 8.07. The molecular formula is C24H23Cl2FN2O4S. The van der Waals surface area contributed by atoms with Gasteiger partial charge in [0.1, 0.15) is 5.60 Å². The molecule has 0 N–H and O–H groups in total. The molecule has 1 fully saturated rings. The zero-order valence-electron chi connectivity index (χ0n) is 18.7. The van der Waals surface area contributed by atoms with E-state index >= 15 is 0 Å². The van der Waals surface area contributed by atoms with Crippen LogP contribution in [0.5, 0.6) is 0 Å². The zero-order valence-corrected chi connectivity index (χ0v) is 21.0. The number of sulfone groups is 1. The molecule has 2 aromatic carbocycles. The smallest absolute Gasteiger partial charge is 0.165 e. The Morgan fingerprint density at radius 2 is 1.91 bits per heavy atom. The molecule has 3 aliphatic heterocycles. The van der Waals surface area contributed by atoms with E-state index in [1.807, 2.05) is 24.0 Å². The molecule has 0 bridgehead atoms. The monoisotopic (exact) mass is 524 g/mol. The van der Waals surface area contributed by atoms with Gasteiger partial charge < -0.3 is 14.5 Å². The Morgan fingerprint density at radius 3 is 2.56 bits per heavy atom. The van der Waals surface area contributed by atoms with Crippen molar-refractivity contribution >= 4 is 38.8 Å². The number of fused-ring (bicyclic) bond motifs is 2. The van der Waals surface area contributed by atoms with Crippen LogP contribution in [0.15, 0.2) is 47.8 Å². The number of halogens is 3. The Balaban J connectivity index is 1.32. The summed E-state index contributed by atoms with van der Waals surface area (Å²) in [6.07, 6.45) is 1.67. The van der Waals surface area contributed by atoms with Gasteiger partial charge in [-0.1, -0.05) is 47.1 Å². The van der Waals surface area contributed by atoms with Crippen LogP contribution in [-0.2, 0) is 37.2 Å². The number of oxime groups is 1. The summed E-state index contributed by atoms with van der Waals surface area (Å²) in [5.74, 6) is -0.713. The summed E-state index contributed by atoms with van der Waals surface area (Å²) >= 11 is 12.0. The van der Waals surface area contributed by atoms with Crippen molar-refractivity contribution in [3.63, 3.8) is 0 Å². The van der Waals surface area contributed by atoms with E-state index in [4.69, 9.17) is 32.8 Å². The molecule has 0 radical (unpaired) electrons. The first-order valence-electron chi connectivity index (χ1n) is 10.7. The SMILES string of the molecule is C=C(CS(C)(=O)=O)N1CC2(C1)OCc1cc(C3=NOC(C)(c4cc(Cl)c(F)c(Cl)c4)C3)ccc12. The predicted molar refractivity (Wildman–Crippen MR) is 129 cm³/mol. The standard InChI is InChI=1S/C24H23Cl2FN2O4S/c1-14(11-34(3,30)31)29-12-24(13-29)18-5-4-15(6-16(18)10-32-24)21-9-23(2,33-28-21)17-7-19(25)22(27)20(26)8-17/h4-8H,1,9-13H2,2-3H3. The van der Waals surface area contributed by atoms with Crippen molar-refractivity contribution in [1.82, 2.24) is 4.90 Å². The molecule has 1 unspecified atom stereocenters. The summed E-state index contributed by atoms with van der Waals surface area (Å²) in [5, 5.41) is 4.18. The quantitative estimate of drug-likeness (QED) is 0.527. The highest BCUT2D eigenvalue weighted by atomic mass is 35.5. The van der Waals surface area contributed by atoms with Gasteiger partial charge in [0.05, 0.1) is 41.2 Å². The number of rotatable bonds is 5. The maximum Gasteiger partial charge on any atom is 0.165 e. The number of ether oxygens (including phenoxy) is 1. The van der Waals surface area contributed by atoms with Crippen LogP contribution in [0.4, 0.5) is 4.39 Å². The van der Waals surface area contributed by atoms with Gasteiger partial charge in [-0.25, -0.2) is 12.8 Å². The fourth-order valence-corrected chi connectivity index (χ4v) is 6.07. The molecule has 0 aromatic heterocycles. The summed E-state index contributed by atoms with van der Waals surface area (Å²) in [4.78, 5) is 7.72. The first-order chi connectivity index (χ1) is 15.9. The largest absolute Gasteiger partial charge is 0.384 e. The number of hydrogen-bond acceptors (Lipinski definition) is 6. The van der Waals surface area contributed by atoms with Crippen molar-refractivity contribution in [2.45, 2.75) is 31.2 Å². The lowest BCUT2D eigenvalue weighted by Gasteiger charge is -2.49. The van der Waals surface area contributed by atoms with Crippen molar-refractivity contribution < 1.29 is 22.4 Å². The van der Waals surface area contributed by atoms with Crippen LogP contribution in [0.1, 0.15) is 35.6 Å². The van der Waals surface area contributed by atoms with Gasteiger partial charge in [0.2, 0.25) is 0 Å². The Labute approximate surface area is 207 Å². The van der Waals surface area contributed by atoms with Crippen molar-refractivity contribution in [3.05, 3.63) is 80.7 Å². The number of benzene rings is 2. The summed E-state index contributed by atoms with van der Waals surface area (Å²) < 4.78 is 43.2. The van der Waals surface area contributed by atoms with E-state index in [9.17, 15) is 12.8 Å². The minimum absolute atomic E-state index is 0.0576. The molecule has 180 valence electrons. The molecule has 0 saturated carbocycles. The van der Waals surface area contributed by atoms with Gasteiger partial charge in [0, 0.05) is 23.9 Å². The summed E-state index contributed by atoms with van der Waals surface area (Å²) in [7, 11) is -3.13. The van der Waals surface area contributed by atoms with Crippen molar-refractivity contribution in [2.24, 2.45) is 5.16 Å². The highest BCUT2D eigenvalue weighted by Gasteiger charge is 2.50. The van der Waals surface area contributed by atoms with Gasteiger partial charge in [-0.15, -0.1) is 0 Å². The van der Waals surface area contributed by atoms with Crippen LogP contribution in [0, 0.1) is 5.82 Å². The second-order valence-electron chi connectivity index (χ2n) is 9.44. The van der Waals surface area contributed by atoms with Crippen molar-refractivity contribution in [2.75, 3.05) is 25.1 Å².